The van der Waals surface area contributed by atoms with Crippen LogP contribution < -0.4 is 0 Å². The number of carboxylic acid groups (broad SMARTS) is 2. The molecule has 6 aliphatic rings. The molecule has 2 saturated heterocycles. The lowest BCUT2D eigenvalue weighted by molar-refractivity contribution is -0.329. The summed E-state index contributed by atoms with van der Waals surface area (Å²) in [5.41, 5.74) is -4.35. The van der Waals surface area contributed by atoms with Gasteiger partial charge in [-0.1, -0.05) is 52.8 Å². The van der Waals surface area contributed by atoms with E-state index in [0.717, 1.165) is 12.5 Å². The van der Waals surface area contributed by atoms with Gasteiger partial charge in [0.15, 0.2) is 6.29 Å². The van der Waals surface area contributed by atoms with E-state index < -0.39 is 151 Å². The maximum Gasteiger partial charge on any atom is 0.331 e. The maximum atomic E-state index is 15.0. The van der Waals surface area contributed by atoms with Crippen molar-refractivity contribution in [3.05, 3.63) is 23.8 Å². The number of allylic oxidation sites excluding steroid dienone is 2. The lowest BCUT2D eigenvalue weighted by Gasteiger charge is -2.69. The van der Waals surface area contributed by atoms with Gasteiger partial charge in [0.25, 0.3) is 0 Å². The van der Waals surface area contributed by atoms with E-state index in [2.05, 4.69) is 47.3 Å². The number of aliphatic carboxylic acids is 2. The van der Waals surface area contributed by atoms with Crippen molar-refractivity contribution in [2.45, 2.75) is 185 Å². The summed E-state index contributed by atoms with van der Waals surface area (Å²) < 4.78 is 28.2. The predicted molar refractivity (Wildman–Crippen MR) is 234 cm³/mol. The van der Waals surface area contributed by atoms with Crippen molar-refractivity contribution in [1.82, 2.24) is 0 Å². The molecule has 2 heterocycles. The highest BCUT2D eigenvalue weighted by Crippen LogP contribution is 2.74. The standard InChI is InChI=1S/C48H74O20/c1-23(39(60)61)24-11-13-46(6)29(45(24,5)12-8-16-49)10-9-25-26-17-43(2,3)14-15-48(26,30(50)18-47(25,46)7)42(62)68-41-38(59)36(57)34(55)28(67-41)22-65-40-37(58)35(56)33(54)27(66-40)21-64-32(53)20-44(4,63)19-31(51)52/h9,24,26-30,33-38,40-41,49-50,54-59,63H,1,8,10-22H2,2-7H3,(H,51,52)(H,60,61). The Kier molecular flexibility index (Phi) is 15.8. The molecule has 68 heavy (non-hydrogen) atoms. The van der Waals surface area contributed by atoms with E-state index in [1.54, 1.807) is 0 Å². The highest BCUT2D eigenvalue weighted by atomic mass is 16.7. The van der Waals surface area contributed by atoms with Gasteiger partial charge in [-0.3, -0.25) is 14.4 Å². The molecule has 19 atom stereocenters. The van der Waals surface area contributed by atoms with Crippen molar-refractivity contribution >= 4 is 23.9 Å². The van der Waals surface area contributed by atoms with Crippen molar-refractivity contribution in [3.8, 4) is 0 Å². The molecule has 0 radical (unpaired) electrons. The molecule has 11 N–H and O–H groups in total. The molecule has 20 nitrogen and oxygen atoms in total. The third-order valence-corrected chi connectivity index (χ3v) is 17.3. The zero-order valence-corrected chi connectivity index (χ0v) is 39.9. The minimum Gasteiger partial charge on any atom is -0.481 e. The number of aliphatic hydroxyl groups excluding tert-OH is 8. The van der Waals surface area contributed by atoms with Crippen LogP contribution in [0.3, 0.4) is 0 Å². The SMILES string of the molecule is C=C(C(=O)O)C1CCC2(C)C(CC=C3C4CC(C)(C)CCC4(C(=O)OC4OC(COC5OC(COC(=O)CC(C)(O)CC(=O)O)C(O)C(O)C5O)C(O)C(O)C4O)C(O)CC32C)C1(C)CCCO. The lowest BCUT2D eigenvalue weighted by atomic mass is 9.35. The van der Waals surface area contributed by atoms with Gasteiger partial charge in [-0.05, 0) is 104 Å². The monoisotopic (exact) mass is 970 g/mol. The van der Waals surface area contributed by atoms with Gasteiger partial charge in [-0.25, -0.2) is 4.79 Å². The molecule has 2 aliphatic heterocycles. The van der Waals surface area contributed by atoms with Crippen molar-refractivity contribution in [1.29, 1.82) is 0 Å². The number of hydrogen-bond donors (Lipinski definition) is 11. The average molecular weight is 971 g/mol. The summed E-state index contributed by atoms with van der Waals surface area (Å²) in [6.45, 7) is 14.2. The van der Waals surface area contributed by atoms with E-state index in [4.69, 9.17) is 28.8 Å². The smallest absolute Gasteiger partial charge is 0.331 e. The Morgan fingerprint density at radius 3 is 2.01 bits per heavy atom. The van der Waals surface area contributed by atoms with Crippen LogP contribution in [0, 0.1) is 44.8 Å². The summed E-state index contributed by atoms with van der Waals surface area (Å²) >= 11 is 0. The first-order valence-corrected chi connectivity index (χ1v) is 23.7. The Balaban J connectivity index is 1.21. The summed E-state index contributed by atoms with van der Waals surface area (Å²) in [5, 5.41) is 117. The highest BCUT2D eigenvalue weighted by molar-refractivity contribution is 5.86. The molecule has 0 aromatic heterocycles. The molecule has 6 rings (SSSR count). The second-order valence-corrected chi connectivity index (χ2v) is 22.3. The maximum absolute atomic E-state index is 15.0. The summed E-state index contributed by atoms with van der Waals surface area (Å²) in [4.78, 5) is 50.7. The molecule has 3 saturated carbocycles. The molecule has 5 fully saturated rings. The molecular formula is C48H74O20. The van der Waals surface area contributed by atoms with Crippen LogP contribution >= 0.6 is 0 Å². The lowest BCUT2D eigenvalue weighted by Crippen LogP contribution is -2.67. The van der Waals surface area contributed by atoms with Crippen molar-refractivity contribution < 1.29 is 99.0 Å². The predicted octanol–water partition coefficient (Wildman–Crippen LogP) is 0.686. The molecule has 20 heteroatoms. The Labute approximate surface area is 395 Å². The van der Waals surface area contributed by atoms with E-state index >= 15 is 0 Å². The summed E-state index contributed by atoms with van der Waals surface area (Å²) in [7, 11) is 0. The highest BCUT2D eigenvalue weighted by Gasteiger charge is 2.71. The first-order chi connectivity index (χ1) is 31.5. The minimum absolute atomic E-state index is 0.0608. The Bertz CT molecular complexity index is 1940. The number of ether oxygens (including phenoxy) is 5. The summed E-state index contributed by atoms with van der Waals surface area (Å²) in [6, 6.07) is 0. The summed E-state index contributed by atoms with van der Waals surface area (Å²) in [6.07, 6.45) is -14.7. The van der Waals surface area contributed by atoms with Gasteiger partial charge in [0.1, 0.15) is 60.9 Å². The molecule has 0 spiro atoms. The first-order valence-electron chi connectivity index (χ1n) is 23.7. The van der Waals surface area contributed by atoms with Gasteiger partial charge >= 0.3 is 23.9 Å². The van der Waals surface area contributed by atoms with Crippen LogP contribution in [-0.4, -0.2) is 173 Å². The van der Waals surface area contributed by atoms with Crippen LogP contribution in [0.25, 0.3) is 0 Å². The van der Waals surface area contributed by atoms with E-state index in [-0.39, 0.29) is 42.3 Å². The second kappa shape index (κ2) is 19.8. The fourth-order valence-electron chi connectivity index (χ4n) is 13.3. The zero-order chi connectivity index (χ0) is 50.7. The molecule has 4 aliphatic carbocycles. The largest absolute Gasteiger partial charge is 0.481 e. The van der Waals surface area contributed by atoms with Crippen LogP contribution in [0.5, 0.6) is 0 Å². The third-order valence-electron chi connectivity index (χ3n) is 17.3. The molecule has 0 amide bonds. The normalized spacial score (nSPS) is 44.1. The van der Waals surface area contributed by atoms with Gasteiger partial charge in [-0.2, -0.15) is 0 Å². The molecule has 0 bridgehead atoms. The summed E-state index contributed by atoms with van der Waals surface area (Å²) in [5.74, 6) is -5.33. The van der Waals surface area contributed by atoms with Crippen LogP contribution in [0.4, 0.5) is 0 Å². The number of carbonyl (C=O) groups excluding carboxylic acids is 2. The van der Waals surface area contributed by atoms with Crippen LogP contribution in [0.2, 0.25) is 0 Å². The number of rotatable bonds is 16. The zero-order valence-electron chi connectivity index (χ0n) is 39.9. The van der Waals surface area contributed by atoms with E-state index in [1.807, 2.05) is 0 Å². The molecular weight excluding hydrogens is 897 g/mol. The second-order valence-electron chi connectivity index (χ2n) is 22.3. The van der Waals surface area contributed by atoms with Gasteiger partial charge in [0.2, 0.25) is 6.29 Å². The fraction of sp³-hybridized carbons (Fsp3) is 0.833. The molecule has 386 valence electrons. The number of carbonyl (C=O) groups is 4. The number of aliphatic hydroxyl groups is 9. The molecule has 0 aromatic rings. The molecule has 19 unspecified atom stereocenters. The van der Waals surface area contributed by atoms with Crippen molar-refractivity contribution in [2.75, 3.05) is 19.8 Å². The van der Waals surface area contributed by atoms with Crippen molar-refractivity contribution in [3.63, 3.8) is 0 Å². The minimum atomic E-state index is -1.98. The van der Waals surface area contributed by atoms with Crippen molar-refractivity contribution in [2.24, 2.45) is 44.8 Å². The van der Waals surface area contributed by atoms with Gasteiger partial charge in [0, 0.05) is 12.2 Å². The quantitative estimate of drug-likeness (QED) is 0.0576. The van der Waals surface area contributed by atoms with E-state index in [1.165, 1.54) is 0 Å². The Hall–Kier alpha value is -3.12. The van der Waals surface area contributed by atoms with Gasteiger partial charge < -0.3 is 79.9 Å². The van der Waals surface area contributed by atoms with Gasteiger partial charge in [-0.15, -0.1) is 0 Å². The van der Waals surface area contributed by atoms with Gasteiger partial charge in [0.05, 0.1) is 31.2 Å². The number of hydrogen-bond acceptors (Lipinski definition) is 18. The van der Waals surface area contributed by atoms with E-state index in [0.29, 0.717) is 44.9 Å². The average Bonchev–Trinajstić information content (AvgIpc) is 3.24. The topological polar surface area (TPSA) is 337 Å². The van der Waals surface area contributed by atoms with Crippen LogP contribution in [0.15, 0.2) is 23.8 Å². The third kappa shape index (κ3) is 9.78. The van der Waals surface area contributed by atoms with E-state index in [9.17, 15) is 70.2 Å². The molecule has 0 aromatic carbocycles. The number of fused-ring (bicyclic) bond motifs is 5. The number of carboxylic acids is 2. The Morgan fingerprint density at radius 1 is 0.809 bits per heavy atom. The first kappa shape index (κ1) is 54.2. The number of esters is 2. The van der Waals surface area contributed by atoms with Crippen LogP contribution in [0.1, 0.15) is 112 Å². The Morgan fingerprint density at radius 2 is 1.41 bits per heavy atom. The van der Waals surface area contributed by atoms with Crippen LogP contribution in [-0.2, 0) is 42.9 Å². The fourth-order valence-corrected chi connectivity index (χ4v) is 13.3.